The van der Waals surface area contributed by atoms with Crippen molar-refractivity contribution < 1.29 is 4.79 Å². The Hall–Kier alpha value is -1.35. The summed E-state index contributed by atoms with van der Waals surface area (Å²) in [5.41, 5.74) is 2.93. The second-order valence-electron chi connectivity index (χ2n) is 5.73. The highest BCUT2D eigenvalue weighted by Crippen LogP contribution is 2.15. The number of hydrogen-bond donors (Lipinski definition) is 2. The van der Waals surface area contributed by atoms with Gasteiger partial charge in [-0.3, -0.25) is 4.79 Å². The molecule has 1 heterocycles. The molecule has 1 aromatic carbocycles. The Bertz CT molecular complexity index is 428. The largest absolute Gasteiger partial charge is 0.352 e. The van der Waals surface area contributed by atoms with Gasteiger partial charge in [0.05, 0.1) is 0 Å². The van der Waals surface area contributed by atoms with E-state index in [-0.39, 0.29) is 5.91 Å². The van der Waals surface area contributed by atoms with Crippen LogP contribution >= 0.6 is 0 Å². The first kappa shape index (κ1) is 14.1. The molecular formula is C16H24N2O. The predicted octanol–water partition coefficient (Wildman–Crippen LogP) is 2.42. The van der Waals surface area contributed by atoms with E-state index in [9.17, 15) is 4.79 Å². The summed E-state index contributed by atoms with van der Waals surface area (Å²) in [5.74, 6) is 0.624. The van der Waals surface area contributed by atoms with Crippen molar-refractivity contribution >= 4 is 5.91 Å². The molecule has 1 saturated heterocycles. The zero-order valence-electron chi connectivity index (χ0n) is 12.1. The molecule has 0 aliphatic carbocycles. The van der Waals surface area contributed by atoms with Crippen LogP contribution in [0.4, 0.5) is 0 Å². The van der Waals surface area contributed by atoms with Crippen LogP contribution in [0.15, 0.2) is 18.2 Å². The summed E-state index contributed by atoms with van der Waals surface area (Å²) in [4.78, 5) is 12.3. The maximum Gasteiger partial charge on any atom is 0.251 e. The third-order valence-corrected chi connectivity index (χ3v) is 4.02. The van der Waals surface area contributed by atoms with Crippen LogP contribution < -0.4 is 10.6 Å². The van der Waals surface area contributed by atoms with E-state index in [0.29, 0.717) is 12.0 Å². The number of carbonyl (C=O) groups excluding carboxylic acids is 1. The molecule has 2 rings (SSSR count). The van der Waals surface area contributed by atoms with Gasteiger partial charge in [0, 0.05) is 18.2 Å². The van der Waals surface area contributed by atoms with Crippen LogP contribution in [-0.4, -0.2) is 25.0 Å². The molecule has 19 heavy (non-hydrogen) atoms. The van der Waals surface area contributed by atoms with Crippen molar-refractivity contribution in [1.82, 2.24) is 10.6 Å². The molecule has 2 atom stereocenters. The number of rotatable bonds is 3. The van der Waals surface area contributed by atoms with Crippen LogP contribution in [0.25, 0.3) is 0 Å². The fraction of sp³-hybridized carbons (Fsp3) is 0.562. The molecule has 0 spiro atoms. The van der Waals surface area contributed by atoms with Crippen LogP contribution in [0.5, 0.6) is 0 Å². The molecule has 104 valence electrons. The van der Waals surface area contributed by atoms with Crippen molar-refractivity contribution in [2.45, 2.75) is 39.7 Å². The first-order chi connectivity index (χ1) is 9.08. The molecule has 0 bridgehead atoms. The number of nitrogens with one attached hydrogen (secondary N) is 2. The van der Waals surface area contributed by atoms with Crippen molar-refractivity contribution in [3.05, 3.63) is 34.9 Å². The lowest BCUT2D eigenvalue weighted by atomic mass is 9.95. The zero-order chi connectivity index (χ0) is 13.8. The van der Waals surface area contributed by atoms with E-state index in [1.54, 1.807) is 0 Å². The van der Waals surface area contributed by atoms with Gasteiger partial charge in [0.1, 0.15) is 0 Å². The lowest BCUT2D eigenvalue weighted by Crippen LogP contribution is -2.42. The third kappa shape index (κ3) is 3.57. The summed E-state index contributed by atoms with van der Waals surface area (Å²) in [6.07, 6.45) is 2.39. The minimum Gasteiger partial charge on any atom is -0.352 e. The highest BCUT2D eigenvalue weighted by atomic mass is 16.1. The van der Waals surface area contributed by atoms with E-state index in [1.165, 1.54) is 12.8 Å². The highest BCUT2D eigenvalue weighted by Gasteiger charge is 2.19. The van der Waals surface area contributed by atoms with Gasteiger partial charge >= 0.3 is 0 Å². The molecule has 0 radical (unpaired) electrons. The first-order valence-corrected chi connectivity index (χ1v) is 7.15. The Kier molecular flexibility index (Phi) is 4.59. The topological polar surface area (TPSA) is 41.1 Å². The molecule has 2 unspecified atom stereocenters. The lowest BCUT2D eigenvalue weighted by molar-refractivity contribution is 0.0942. The Morgan fingerprint density at radius 2 is 2.00 bits per heavy atom. The maximum absolute atomic E-state index is 12.3. The average molecular weight is 260 g/mol. The van der Waals surface area contributed by atoms with Crippen molar-refractivity contribution in [3.8, 4) is 0 Å². The van der Waals surface area contributed by atoms with Crippen molar-refractivity contribution in [2.75, 3.05) is 13.1 Å². The van der Waals surface area contributed by atoms with Gasteiger partial charge in [0.15, 0.2) is 0 Å². The van der Waals surface area contributed by atoms with Gasteiger partial charge < -0.3 is 10.6 Å². The zero-order valence-corrected chi connectivity index (χ0v) is 12.1. The summed E-state index contributed by atoms with van der Waals surface area (Å²) in [6.45, 7) is 7.98. The molecule has 3 heteroatoms. The maximum atomic E-state index is 12.3. The van der Waals surface area contributed by atoms with E-state index in [2.05, 4.69) is 17.6 Å². The number of hydrogen-bond acceptors (Lipinski definition) is 2. The van der Waals surface area contributed by atoms with Gasteiger partial charge in [-0.1, -0.05) is 18.2 Å². The Labute approximate surface area is 115 Å². The second kappa shape index (κ2) is 6.20. The average Bonchev–Trinajstić information content (AvgIpc) is 2.38. The highest BCUT2D eigenvalue weighted by molar-refractivity contribution is 5.97. The standard InChI is InChI=1S/C16H24N2O/c1-11-5-4-6-12(2)15(11)16(19)18-10-14-8-7-13(3)17-9-14/h4-6,13-14,17H,7-10H2,1-3H3,(H,18,19). The minimum atomic E-state index is 0.0641. The van der Waals surface area contributed by atoms with E-state index < -0.39 is 0 Å². The third-order valence-electron chi connectivity index (χ3n) is 4.02. The number of piperidine rings is 1. The molecule has 1 amide bonds. The van der Waals surface area contributed by atoms with Crippen molar-refractivity contribution in [3.63, 3.8) is 0 Å². The van der Waals surface area contributed by atoms with E-state index in [1.807, 2.05) is 32.0 Å². The monoisotopic (exact) mass is 260 g/mol. The summed E-state index contributed by atoms with van der Waals surface area (Å²) >= 11 is 0. The molecule has 1 aliphatic heterocycles. The van der Waals surface area contributed by atoms with Gasteiger partial charge in [-0.05, 0) is 57.2 Å². The minimum absolute atomic E-state index is 0.0641. The number of carbonyl (C=O) groups is 1. The van der Waals surface area contributed by atoms with Gasteiger partial charge in [0.2, 0.25) is 0 Å². The SMILES string of the molecule is Cc1cccc(C)c1C(=O)NCC1CCC(C)NC1. The van der Waals surface area contributed by atoms with Crippen molar-refractivity contribution in [1.29, 1.82) is 0 Å². The van der Waals surface area contributed by atoms with Gasteiger partial charge in [-0.25, -0.2) is 0 Å². The fourth-order valence-corrected chi connectivity index (χ4v) is 2.73. The number of amides is 1. The molecule has 1 aromatic rings. The number of benzene rings is 1. The summed E-state index contributed by atoms with van der Waals surface area (Å²) < 4.78 is 0. The van der Waals surface area contributed by atoms with Crippen LogP contribution in [0.2, 0.25) is 0 Å². The first-order valence-electron chi connectivity index (χ1n) is 7.15. The smallest absolute Gasteiger partial charge is 0.251 e. The Morgan fingerprint density at radius 3 is 2.58 bits per heavy atom. The Balaban J connectivity index is 1.91. The second-order valence-corrected chi connectivity index (χ2v) is 5.73. The van der Waals surface area contributed by atoms with Gasteiger partial charge in [-0.2, -0.15) is 0 Å². The van der Waals surface area contributed by atoms with Crippen LogP contribution in [0, 0.1) is 19.8 Å². The summed E-state index contributed by atoms with van der Waals surface area (Å²) in [6, 6.07) is 6.59. The van der Waals surface area contributed by atoms with E-state index in [0.717, 1.165) is 29.8 Å². The van der Waals surface area contributed by atoms with E-state index >= 15 is 0 Å². The summed E-state index contributed by atoms with van der Waals surface area (Å²) in [5, 5.41) is 6.55. The predicted molar refractivity (Wildman–Crippen MR) is 78.4 cm³/mol. The lowest BCUT2D eigenvalue weighted by Gasteiger charge is -2.27. The fourth-order valence-electron chi connectivity index (χ4n) is 2.73. The Morgan fingerprint density at radius 1 is 1.32 bits per heavy atom. The van der Waals surface area contributed by atoms with Gasteiger partial charge in [0.25, 0.3) is 5.91 Å². The molecule has 2 N–H and O–H groups in total. The van der Waals surface area contributed by atoms with E-state index in [4.69, 9.17) is 0 Å². The van der Waals surface area contributed by atoms with Crippen molar-refractivity contribution in [2.24, 2.45) is 5.92 Å². The van der Waals surface area contributed by atoms with Crippen LogP contribution in [-0.2, 0) is 0 Å². The van der Waals surface area contributed by atoms with Crippen LogP contribution in [0.1, 0.15) is 41.3 Å². The normalized spacial score (nSPS) is 23.1. The summed E-state index contributed by atoms with van der Waals surface area (Å²) in [7, 11) is 0. The van der Waals surface area contributed by atoms with Gasteiger partial charge in [-0.15, -0.1) is 0 Å². The molecule has 0 saturated carbocycles. The molecule has 0 aromatic heterocycles. The molecule has 1 fully saturated rings. The molecule has 1 aliphatic rings. The van der Waals surface area contributed by atoms with Crippen LogP contribution in [0.3, 0.4) is 0 Å². The molecular weight excluding hydrogens is 236 g/mol. The number of aryl methyl sites for hydroxylation is 2. The molecule has 3 nitrogen and oxygen atoms in total. The quantitative estimate of drug-likeness (QED) is 0.876.